The average Bonchev–Trinajstić information content (AvgIpc) is 3.42. The molecule has 0 aliphatic rings. The Labute approximate surface area is 281 Å². The molecule has 0 spiro atoms. The first-order valence-corrected chi connectivity index (χ1v) is 15.8. The van der Waals surface area contributed by atoms with E-state index in [9.17, 15) is 24.0 Å². The average molecular weight is 678 g/mol. The summed E-state index contributed by atoms with van der Waals surface area (Å²) in [5, 5.41) is 14.8. The summed E-state index contributed by atoms with van der Waals surface area (Å²) in [5.74, 6) is -2.84. The zero-order valence-corrected chi connectivity index (χ0v) is 28.7. The van der Waals surface area contributed by atoms with Crippen LogP contribution in [0.25, 0.3) is 10.9 Å². The van der Waals surface area contributed by atoms with Gasteiger partial charge in [0.1, 0.15) is 0 Å². The molecule has 0 saturated carbocycles. The normalized spacial score (nSPS) is 11.1. The van der Waals surface area contributed by atoms with Crippen molar-refractivity contribution in [1.82, 2.24) is 35.0 Å². The maximum absolute atomic E-state index is 13.4. The highest BCUT2D eigenvalue weighted by Crippen LogP contribution is 2.21. The molecule has 0 saturated heterocycles. The molecule has 1 heterocycles. The molecule has 1 aromatic carbocycles. The third kappa shape index (κ3) is 13.6. The van der Waals surface area contributed by atoms with E-state index in [1.807, 2.05) is 43.4 Å². The minimum Gasteiger partial charge on any atom is -0.481 e. The number of fused-ring (bicyclic) bond motifs is 1. The Morgan fingerprint density at radius 3 is 1.94 bits per heavy atom. The van der Waals surface area contributed by atoms with E-state index in [2.05, 4.69) is 21.4 Å². The second-order valence-corrected chi connectivity index (χ2v) is 11.1. The minimum atomic E-state index is -1.06. The number of aryl methyl sites for hydroxylation is 1. The monoisotopic (exact) mass is 677 g/mol. The molecule has 16 nitrogen and oxygen atoms in total. The highest BCUT2D eigenvalue weighted by Gasteiger charge is 2.25. The number of rotatable bonds is 24. The predicted octanol–water partition coefficient (Wildman–Crippen LogP) is -0.386. The van der Waals surface area contributed by atoms with Crippen LogP contribution in [0.15, 0.2) is 30.3 Å². The number of ether oxygens (including phenoxy) is 3. The molecule has 0 radical (unpaired) electrons. The summed E-state index contributed by atoms with van der Waals surface area (Å²) < 4.78 is 17.4. The lowest BCUT2D eigenvalue weighted by Crippen LogP contribution is -2.50. The molecule has 0 atom stereocenters. The lowest BCUT2D eigenvalue weighted by molar-refractivity contribution is -0.145. The van der Waals surface area contributed by atoms with Crippen molar-refractivity contribution < 1.29 is 43.3 Å². The first-order chi connectivity index (χ1) is 23.0. The lowest BCUT2D eigenvalue weighted by Gasteiger charge is -2.29. The molecule has 2 aromatic rings. The predicted molar refractivity (Wildman–Crippen MR) is 178 cm³/mol. The van der Waals surface area contributed by atoms with Gasteiger partial charge in [0.05, 0.1) is 52.4 Å². The largest absolute Gasteiger partial charge is 0.481 e. The van der Waals surface area contributed by atoms with Crippen molar-refractivity contribution in [3.63, 3.8) is 0 Å². The highest BCUT2D eigenvalue weighted by atomic mass is 16.5. The molecule has 0 fully saturated rings. The molecule has 16 heteroatoms. The van der Waals surface area contributed by atoms with Gasteiger partial charge in [0.15, 0.2) is 0 Å². The number of para-hydroxylation sites is 1. The van der Waals surface area contributed by atoms with Gasteiger partial charge in [-0.25, -0.2) is 5.01 Å². The summed E-state index contributed by atoms with van der Waals surface area (Å²) in [6, 6.07) is 10.0. The lowest BCUT2D eigenvalue weighted by atomic mass is 10.2. The zero-order chi connectivity index (χ0) is 35.5. The van der Waals surface area contributed by atoms with E-state index >= 15 is 0 Å². The number of benzene rings is 1. The molecule has 0 unspecified atom stereocenters. The van der Waals surface area contributed by atoms with Gasteiger partial charge in [-0.3, -0.25) is 29.4 Å². The molecule has 3 N–H and O–H groups in total. The van der Waals surface area contributed by atoms with Crippen LogP contribution in [0.2, 0.25) is 0 Å². The van der Waals surface area contributed by atoms with Crippen LogP contribution in [0.4, 0.5) is 0 Å². The van der Waals surface area contributed by atoms with Crippen molar-refractivity contribution in [2.45, 2.75) is 25.9 Å². The first kappa shape index (κ1) is 40.1. The number of carbonyl (C=O) groups is 5. The van der Waals surface area contributed by atoms with Gasteiger partial charge in [-0.2, -0.15) is 0 Å². The summed E-state index contributed by atoms with van der Waals surface area (Å²) in [6.07, 6.45) is -0.128. The number of aliphatic carboxylic acids is 1. The Morgan fingerprint density at radius 1 is 0.792 bits per heavy atom. The third-order valence-electron chi connectivity index (χ3n) is 7.68. The smallest absolute Gasteiger partial charge is 0.305 e. The second-order valence-electron chi connectivity index (χ2n) is 11.1. The number of carbonyl (C=O) groups excluding carboxylic acids is 4. The van der Waals surface area contributed by atoms with Gasteiger partial charge in [0.25, 0.3) is 0 Å². The number of hydrogen-bond acceptors (Lipinski definition) is 10. The summed E-state index contributed by atoms with van der Waals surface area (Å²) in [7, 11) is 8.15. The van der Waals surface area contributed by atoms with E-state index in [1.165, 1.54) is 36.0 Å². The van der Waals surface area contributed by atoms with Crippen LogP contribution in [0.1, 0.15) is 18.5 Å². The van der Waals surface area contributed by atoms with Gasteiger partial charge in [-0.05, 0) is 24.6 Å². The number of amides is 4. The SMILES string of the molecule is CNN(C)Cc1cc2ccccc2n1CCC(=O)NCC(=O)N(CCOC)CC(=O)N(CCOC)CC(=O)N(CCOC)CCC(=O)O. The molecule has 0 aliphatic heterocycles. The fourth-order valence-electron chi connectivity index (χ4n) is 4.88. The Kier molecular flexibility index (Phi) is 18.1. The van der Waals surface area contributed by atoms with Gasteiger partial charge in [-0.15, -0.1) is 0 Å². The van der Waals surface area contributed by atoms with E-state index in [0.717, 1.165) is 16.6 Å². The summed E-state index contributed by atoms with van der Waals surface area (Å²) >= 11 is 0. The van der Waals surface area contributed by atoms with Gasteiger partial charge in [-0.1, -0.05) is 18.2 Å². The first-order valence-electron chi connectivity index (χ1n) is 15.8. The Balaban J connectivity index is 2.06. The van der Waals surface area contributed by atoms with Crippen molar-refractivity contribution in [2.24, 2.45) is 0 Å². The number of carboxylic acids is 1. The van der Waals surface area contributed by atoms with Crippen LogP contribution < -0.4 is 10.7 Å². The zero-order valence-electron chi connectivity index (χ0n) is 28.7. The maximum atomic E-state index is 13.4. The van der Waals surface area contributed by atoms with Crippen LogP contribution in [-0.2, 0) is 51.3 Å². The number of hydrazine groups is 1. The molecule has 0 bridgehead atoms. The molecular weight excluding hydrogens is 626 g/mol. The topological polar surface area (TPSA) is 175 Å². The van der Waals surface area contributed by atoms with Gasteiger partial charge in [0, 0.05) is 78.7 Å². The summed E-state index contributed by atoms with van der Waals surface area (Å²) in [5.41, 5.74) is 5.12. The minimum absolute atomic E-state index is 0.0448. The second kappa shape index (κ2) is 21.7. The molecule has 1 aromatic heterocycles. The van der Waals surface area contributed by atoms with Crippen molar-refractivity contribution in [2.75, 3.05) is 101 Å². The number of carboxylic acid groups (broad SMARTS) is 1. The van der Waals surface area contributed by atoms with Gasteiger partial charge >= 0.3 is 5.97 Å². The van der Waals surface area contributed by atoms with Crippen LogP contribution in [0, 0.1) is 0 Å². The van der Waals surface area contributed by atoms with Crippen LogP contribution >= 0.6 is 0 Å². The molecule has 4 amide bonds. The van der Waals surface area contributed by atoms with E-state index in [4.69, 9.17) is 19.3 Å². The van der Waals surface area contributed by atoms with Crippen molar-refractivity contribution in [3.05, 3.63) is 36.0 Å². The Hall–Kier alpha value is -4.09. The van der Waals surface area contributed by atoms with E-state index in [0.29, 0.717) is 13.1 Å². The fraction of sp³-hybridized carbons (Fsp3) is 0.594. The van der Waals surface area contributed by atoms with Crippen molar-refractivity contribution in [3.8, 4) is 0 Å². The fourth-order valence-corrected chi connectivity index (χ4v) is 4.88. The summed E-state index contributed by atoms with van der Waals surface area (Å²) in [6.45, 7) is 0.741. The number of aromatic nitrogens is 1. The molecule has 2 rings (SSSR count). The number of hydrogen-bond donors (Lipinski definition) is 3. The Bertz CT molecular complexity index is 1340. The quantitative estimate of drug-likeness (QED) is 0.124. The number of methoxy groups -OCH3 is 3. The standard InChI is InChI=1S/C32H51N7O9/c1-33-35(2)22-26-20-25-8-6-7-9-27(25)39(26)13-10-28(40)34-21-29(41)37(15-18-47-4)24-31(43)38(16-19-48-5)23-30(42)36(14-17-46-3)12-11-32(44)45/h6-9,20,33H,10-19,21-24H2,1-5H3,(H,34,40)(H,44,45). The molecular formula is C32H51N7O9. The number of nitrogens with one attached hydrogen (secondary N) is 2. The maximum Gasteiger partial charge on any atom is 0.305 e. The molecule has 0 aliphatic carbocycles. The van der Waals surface area contributed by atoms with Crippen LogP contribution in [0.3, 0.4) is 0 Å². The molecule has 48 heavy (non-hydrogen) atoms. The van der Waals surface area contributed by atoms with E-state index in [-0.39, 0.29) is 84.4 Å². The van der Waals surface area contributed by atoms with Crippen molar-refractivity contribution >= 4 is 40.5 Å². The Morgan fingerprint density at radius 2 is 1.35 bits per heavy atom. The summed E-state index contributed by atoms with van der Waals surface area (Å²) in [4.78, 5) is 67.6. The van der Waals surface area contributed by atoms with E-state index in [1.54, 1.807) is 0 Å². The van der Waals surface area contributed by atoms with Crippen LogP contribution in [0.5, 0.6) is 0 Å². The van der Waals surface area contributed by atoms with Gasteiger partial charge < -0.3 is 43.9 Å². The van der Waals surface area contributed by atoms with Crippen LogP contribution in [-0.4, -0.2) is 160 Å². The third-order valence-corrected chi connectivity index (χ3v) is 7.68. The number of nitrogens with zero attached hydrogens (tertiary/aromatic N) is 5. The molecule has 268 valence electrons. The van der Waals surface area contributed by atoms with Gasteiger partial charge in [0.2, 0.25) is 23.6 Å². The van der Waals surface area contributed by atoms with E-state index < -0.39 is 23.7 Å². The highest BCUT2D eigenvalue weighted by molar-refractivity contribution is 5.90. The van der Waals surface area contributed by atoms with Crippen molar-refractivity contribution in [1.29, 1.82) is 0 Å².